The number of carbonyl (C=O) groups is 2. The molecule has 1 fully saturated rings. The van der Waals surface area contributed by atoms with Crippen LogP contribution in [0.15, 0.2) is 18.2 Å². The fourth-order valence-electron chi connectivity index (χ4n) is 2.03. The van der Waals surface area contributed by atoms with Gasteiger partial charge in [0, 0.05) is 19.6 Å². The molecule has 0 aromatic heterocycles. The number of hydrogen-bond acceptors (Lipinski definition) is 3. The van der Waals surface area contributed by atoms with E-state index >= 15 is 0 Å². The number of nitrogens with one attached hydrogen (secondary N) is 1. The normalized spacial score (nSPS) is 19.3. The van der Waals surface area contributed by atoms with Crippen LogP contribution < -0.4 is 11.1 Å². The molecule has 2 amide bonds. The van der Waals surface area contributed by atoms with E-state index in [9.17, 15) is 18.4 Å². The molecule has 1 aliphatic heterocycles. The monoisotopic (exact) mass is 269 g/mol. The molecular formula is C12H13F2N3O2. The largest absolute Gasteiger partial charge is 0.368 e. The van der Waals surface area contributed by atoms with E-state index < -0.39 is 35.1 Å². The number of hydrogen-bond donors (Lipinski definition) is 2. The molecule has 0 bridgehead atoms. The average Bonchev–Trinajstić information content (AvgIpc) is 2.41. The lowest BCUT2D eigenvalue weighted by atomic mass is 10.1. The van der Waals surface area contributed by atoms with Crippen molar-refractivity contribution >= 4 is 11.8 Å². The molecule has 0 saturated carbocycles. The van der Waals surface area contributed by atoms with Crippen LogP contribution in [-0.4, -0.2) is 42.4 Å². The van der Waals surface area contributed by atoms with Gasteiger partial charge < -0.3 is 16.0 Å². The van der Waals surface area contributed by atoms with E-state index in [-0.39, 0.29) is 13.1 Å². The molecule has 1 aromatic rings. The second kappa shape index (κ2) is 5.31. The number of nitrogens with two attached hydrogens (primary N) is 1. The number of rotatable bonds is 2. The summed E-state index contributed by atoms with van der Waals surface area (Å²) in [6.45, 7) is 0.882. The highest BCUT2D eigenvalue weighted by molar-refractivity contribution is 5.97. The molecule has 0 aliphatic carbocycles. The van der Waals surface area contributed by atoms with Crippen LogP contribution in [-0.2, 0) is 4.79 Å². The summed E-state index contributed by atoms with van der Waals surface area (Å²) in [6, 6.07) is 2.49. The second-order valence-electron chi connectivity index (χ2n) is 4.22. The van der Waals surface area contributed by atoms with Gasteiger partial charge in [-0.05, 0) is 12.1 Å². The first-order valence-corrected chi connectivity index (χ1v) is 5.77. The number of amides is 2. The van der Waals surface area contributed by atoms with E-state index in [1.165, 1.54) is 12.1 Å². The van der Waals surface area contributed by atoms with E-state index in [0.717, 1.165) is 11.0 Å². The highest BCUT2D eigenvalue weighted by atomic mass is 19.2. The molecule has 1 saturated heterocycles. The molecular weight excluding hydrogens is 256 g/mol. The zero-order chi connectivity index (χ0) is 14.0. The lowest BCUT2D eigenvalue weighted by Crippen LogP contribution is -2.58. The predicted octanol–water partition coefficient (Wildman–Crippen LogP) is -0.136. The third kappa shape index (κ3) is 2.55. The Kier molecular flexibility index (Phi) is 3.75. The van der Waals surface area contributed by atoms with Crippen molar-refractivity contribution in [3.8, 4) is 0 Å². The Morgan fingerprint density at radius 3 is 2.79 bits per heavy atom. The van der Waals surface area contributed by atoms with Crippen LogP contribution in [0.5, 0.6) is 0 Å². The van der Waals surface area contributed by atoms with Gasteiger partial charge in [-0.15, -0.1) is 0 Å². The van der Waals surface area contributed by atoms with Gasteiger partial charge in [-0.1, -0.05) is 6.07 Å². The molecule has 3 N–H and O–H groups in total. The van der Waals surface area contributed by atoms with E-state index in [4.69, 9.17) is 5.73 Å². The highest BCUT2D eigenvalue weighted by Gasteiger charge is 2.32. The van der Waals surface area contributed by atoms with Crippen LogP contribution in [0.25, 0.3) is 0 Å². The van der Waals surface area contributed by atoms with Gasteiger partial charge in [-0.25, -0.2) is 8.78 Å². The number of piperazine rings is 1. The zero-order valence-electron chi connectivity index (χ0n) is 10.0. The minimum Gasteiger partial charge on any atom is -0.368 e. The van der Waals surface area contributed by atoms with Gasteiger partial charge in [0.2, 0.25) is 5.91 Å². The Morgan fingerprint density at radius 1 is 1.37 bits per heavy atom. The van der Waals surface area contributed by atoms with Crippen molar-refractivity contribution in [1.82, 2.24) is 10.2 Å². The maximum absolute atomic E-state index is 13.6. The number of primary amides is 1. The lowest BCUT2D eigenvalue weighted by Gasteiger charge is -2.34. The fraction of sp³-hybridized carbons (Fsp3) is 0.333. The van der Waals surface area contributed by atoms with Crippen molar-refractivity contribution in [2.24, 2.45) is 5.73 Å². The van der Waals surface area contributed by atoms with Crippen molar-refractivity contribution in [1.29, 1.82) is 0 Å². The zero-order valence-corrected chi connectivity index (χ0v) is 10.0. The van der Waals surface area contributed by atoms with Crippen molar-refractivity contribution in [3.63, 3.8) is 0 Å². The van der Waals surface area contributed by atoms with E-state index in [1.807, 2.05) is 0 Å². The van der Waals surface area contributed by atoms with Crippen LogP contribution >= 0.6 is 0 Å². The van der Waals surface area contributed by atoms with Crippen LogP contribution in [0.1, 0.15) is 10.4 Å². The van der Waals surface area contributed by atoms with E-state index in [1.54, 1.807) is 0 Å². The molecule has 1 atom stereocenters. The maximum Gasteiger partial charge on any atom is 0.257 e. The molecule has 0 radical (unpaired) electrons. The Bertz CT molecular complexity index is 522. The molecule has 7 heteroatoms. The van der Waals surface area contributed by atoms with E-state index in [0.29, 0.717) is 6.54 Å². The lowest BCUT2D eigenvalue weighted by molar-refractivity contribution is -0.122. The molecule has 102 valence electrons. The van der Waals surface area contributed by atoms with Crippen LogP contribution in [0.4, 0.5) is 8.78 Å². The average molecular weight is 269 g/mol. The summed E-state index contributed by atoms with van der Waals surface area (Å²) < 4.78 is 26.7. The summed E-state index contributed by atoms with van der Waals surface area (Å²) in [5.74, 6) is -3.73. The number of benzene rings is 1. The Morgan fingerprint density at radius 2 is 2.11 bits per heavy atom. The number of halogens is 2. The fourth-order valence-corrected chi connectivity index (χ4v) is 2.03. The molecule has 19 heavy (non-hydrogen) atoms. The van der Waals surface area contributed by atoms with Gasteiger partial charge in [0.1, 0.15) is 6.04 Å². The predicted molar refractivity (Wildman–Crippen MR) is 63.2 cm³/mol. The van der Waals surface area contributed by atoms with Crippen LogP contribution in [0.2, 0.25) is 0 Å². The first-order valence-electron chi connectivity index (χ1n) is 5.77. The smallest absolute Gasteiger partial charge is 0.257 e. The molecule has 1 unspecified atom stereocenters. The quantitative estimate of drug-likeness (QED) is 0.785. The summed E-state index contributed by atoms with van der Waals surface area (Å²) in [7, 11) is 0. The minimum absolute atomic E-state index is 0.206. The standard InChI is InChI=1S/C12H13F2N3O2/c13-8-3-1-2-7(10(8)14)12(19)17-5-4-16-6-9(17)11(15)18/h1-3,9,16H,4-6H2,(H2,15,18). The Balaban J connectivity index is 2.31. The first kappa shape index (κ1) is 13.4. The Hall–Kier alpha value is -2.02. The molecule has 1 aromatic carbocycles. The maximum atomic E-state index is 13.6. The van der Waals surface area contributed by atoms with Crippen molar-refractivity contribution < 1.29 is 18.4 Å². The molecule has 1 aliphatic rings. The number of carbonyl (C=O) groups excluding carboxylic acids is 2. The van der Waals surface area contributed by atoms with Crippen molar-refractivity contribution in [3.05, 3.63) is 35.4 Å². The molecule has 5 nitrogen and oxygen atoms in total. The first-order chi connectivity index (χ1) is 9.02. The summed E-state index contributed by atoms with van der Waals surface area (Å²) in [5, 5.41) is 2.92. The van der Waals surface area contributed by atoms with Crippen molar-refractivity contribution in [2.45, 2.75) is 6.04 Å². The van der Waals surface area contributed by atoms with Crippen molar-refractivity contribution in [2.75, 3.05) is 19.6 Å². The SMILES string of the molecule is NC(=O)C1CNCCN1C(=O)c1cccc(F)c1F. The highest BCUT2D eigenvalue weighted by Crippen LogP contribution is 2.16. The molecule has 0 spiro atoms. The van der Waals surface area contributed by atoms with Gasteiger partial charge >= 0.3 is 0 Å². The summed E-state index contributed by atoms with van der Waals surface area (Å²) in [6.07, 6.45) is 0. The van der Waals surface area contributed by atoms with Gasteiger partial charge in [-0.3, -0.25) is 9.59 Å². The van der Waals surface area contributed by atoms with Gasteiger partial charge in [-0.2, -0.15) is 0 Å². The summed E-state index contributed by atoms with van der Waals surface area (Å²) in [4.78, 5) is 24.6. The third-order valence-corrected chi connectivity index (χ3v) is 3.01. The summed E-state index contributed by atoms with van der Waals surface area (Å²) in [5.41, 5.74) is 4.81. The summed E-state index contributed by atoms with van der Waals surface area (Å²) >= 11 is 0. The van der Waals surface area contributed by atoms with Gasteiger partial charge in [0.25, 0.3) is 5.91 Å². The van der Waals surface area contributed by atoms with E-state index in [2.05, 4.69) is 5.32 Å². The third-order valence-electron chi connectivity index (χ3n) is 3.01. The van der Waals surface area contributed by atoms with Gasteiger partial charge in [0.05, 0.1) is 5.56 Å². The number of nitrogens with zero attached hydrogens (tertiary/aromatic N) is 1. The second-order valence-corrected chi connectivity index (χ2v) is 4.22. The molecule has 1 heterocycles. The van der Waals surface area contributed by atoms with Crippen LogP contribution in [0, 0.1) is 11.6 Å². The van der Waals surface area contributed by atoms with Crippen LogP contribution in [0.3, 0.4) is 0 Å². The minimum atomic E-state index is -1.21. The molecule has 2 rings (SSSR count). The topological polar surface area (TPSA) is 75.4 Å². The Labute approximate surface area is 108 Å². The van der Waals surface area contributed by atoms with Gasteiger partial charge in [0.15, 0.2) is 11.6 Å².